The monoisotopic (exact) mass is 336 g/mol. The quantitative estimate of drug-likeness (QED) is 0.935. The zero-order valence-corrected chi connectivity index (χ0v) is 13.4. The fourth-order valence-corrected chi connectivity index (χ4v) is 3.13. The van der Waals surface area contributed by atoms with E-state index in [1.54, 1.807) is 13.8 Å². The van der Waals surface area contributed by atoms with Gasteiger partial charge in [0.05, 0.1) is 24.3 Å². The van der Waals surface area contributed by atoms with Crippen LogP contribution in [0.15, 0.2) is 22.7 Å². The van der Waals surface area contributed by atoms with E-state index in [1.165, 1.54) is 11.0 Å². The highest BCUT2D eigenvalue weighted by Crippen LogP contribution is 2.33. The molecule has 0 bridgehead atoms. The molecule has 1 aromatic heterocycles. The van der Waals surface area contributed by atoms with Crippen molar-refractivity contribution in [1.82, 2.24) is 10.1 Å². The number of hydrogen-bond acceptors (Lipinski definition) is 4. The number of rotatable bonds is 3. The lowest BCUT2D eigenvalue weighted by Crippen LogP contribution is -2.33. The predicted octanol–water partition coefficient (Wildman–Crippen LogP) is 2.45. The van der Waals surface area contributed by atoms with E-state index in [0.717, 1.165) is 12.1 Å². The molecule has 128 valence electrons. The summed E-state index contributed by atoms with van der Waals surface area (Å²) in [4.78, 5) is 14.2. The summed E-state index contributed by atoms with van der Waals surface area (Å²) < 4.78 is 31.7. The van der Waals surface area contributed by atoms with Gasteiger partial charge in [0.15, 0.2) is 11.6 Å². The van der Waals surface area contributed by atoms with E-state index < -0.39 is 23.8 Å². The van der Waals surface area contributed by atoms with Crippen LogP contribution in [0.2, 0.25) is 0 Å². The van der Waals surface area contributed by atoms with Gasteiger partial charge in [0, 0.05) is 12.1 Å². The highest BCUT2D eigenvalue weighted by Gasteiger charge is 2.36. The maximum absolute atomic E-state index is 13.5. The van der Waals surface area contributed by atoms with Crippen molar-refractivity contribution in [2.75, 3.05) is 6.54 Å². The standard InChI is InChI=1S/C17H18F2N2O3/c1-9-13(10(2)24-20-9)7-17(23)21-8-12(22)6-16(21)11-3-4-14(18)15(19)5-11/h3-5,12,16,22H,6-8H2,1-2H3. The topological polar surface area (TPSA) is 66.6 Å². The molecular weight excluding hydrogens is 318 g/mol. The van der Waals surface area contributed by atoms with E-state index in [-0.39, 0.29) is 18.9 Å². The second-order valence-corrected chi connectivity index (χ2v) is 6.10. The number of aryl methyl sites for hydroxylation is 2. The molecule has 2 unspecified atom stereocenters. The van der Waals surface area contributed by atoms with Crippen molar-refractivity contribution in [3.63, 3.8) is 0 Å². The highest BCUT2D eigenvalue weighted by molar-refractivity contribution is 5.80. The number of aliphatic hydroxyl groups is 1. The van der Waals surface area contributed by atoms with E-state index >= 15 is 0 Å². The molecule has 1 aromatic carbocycles. The maximum Gasteiger partial charge on any atom is 0.227 e. The summed E-state index contributed by atoms with van der Waals surface area (Å²) in [5.41, 5.74) is 1.83. The van der Waals surface area contributed by atoms with Crippen molar-refractivity contribution < 1.29 is 23.2 Å². The van der Waals surface area contributed by atoms with Crippen LogP contribution in [-0.2, 0) is 11.2 Å². The molecule has 1 fully saturated rings. The largest absolute Gasteiger partial charge is 0.391 e. The molecule has 2 heterocycles. The molecule has 1 N–H and O–H groups in total. The fourth-order valence-electron chi connectivity index (χ4n) is 3.13. The number of benzene rings is 1. The van der Waals surface area contributed by atoms with Crippen LogP contribution in [0.25, 0.3) is 0 Å². The minimum atomic E-state index is -0.966. The second-order valence-electron chi connectivity index (χ2n) is 6.10. The van der Waals surface area contributed by atoms with Gasteiger partial charge in [0.1, 0.15) is 5.76 Å². The van der Waals surface area contributed by atoms with Crippen LogP contribution >= 0.6 is 0 Å². The molecule has 24 heavy (non-hydrogen) atoms. The smallest absolute Gasteiger partial charge is 0.227 e. The Kier molecular flexibility index (Phi) is 4.36. The Balaban J connectivity index is 1.84. The SMILES string of the molecule is Cc1noc(C)c1CC(=O)N1CC(O)CC1c1ccc(F)c(F)c1. The number of nitrogens with zero attached hydrogens (tertiary/aromatic N) is 2. The average molecular weight is 336 g/mol. The third-order valence-electron chi connectivity index (χ3n) is 4.44. The maximum atomic E-state index is 13.5. The molecule has 0 saturated carbocycles. The molecule has 2 aromatic rings. The Morgan fingerprint density at radius 1 is 1.38 bits per heavy atom. The van der Waals surface area contributed by atoms with Crippen molar-refractivity contribution in [3.05, 3.63) is 52.4 Å². The molecule has 0 radical (unpaired) electrons. The minimum Gasteiger partial charge on any atom is -0.391 e. The van der Waals surface area contributed by atoms with Crippen LogP contribution < -0.4 is 0 Å². The lowest BCUT2D eigenvalue weighted by molar-refractivity contribution is -0.131. The zero-order valence-electron chi connectivity index (χ0n) is 13.4. The number of hydrogen-bond donors (Lipinski definition) is 1. The van der Waals surface area contributed by atoms with Gasteiger partial charge in [-0.2, -0.15) is 0 Å². The Hall–Kier alpha value is -2.28. The summed E-state index contributed by atoms with van der Waals surface area (Å²) in [6.45, 7) is 3.64. The van der Waals surface area contributed by atoms with Crippen LogP contribution in [-0.4, -0.2) is 33.7 Å². The van der Waals surface area contributed by atoms with Crippen molar-refractivity contribution in [2.24, 2.45) is 0 Å². The van der Waals surface area contributed by atoms with Gasteiger partial charge in [-0.1, -0.05) is 11.2 Å². The van der Waals surface area contributed by atoms with Crippen LogP contribution in [0.1, 0.15) is 35.0 Å². The van der Waals surface area contributed by atoms with Gasteiger partial charge in [0.2, 0.25) is 5.91 Å². The molecule has 0 spiro atoms. The van der Waals surface area contributed by atoms with Gasteiger partial charge in [-0.25, -0.2) is 8.78 Å². The molecule has 2 atom stereocenters. The summed E-state index contributed by atoms with van der Waals surface area (Å²) in [6.07, 6.45) is -0.316. The molecule has 1 aliphatic rings. The zero-order chi connectivity index (χ0) is 17.4. The molecule has 3 rings (SSSR count). The lowest BCUT2D eigenvalue weighted by atomic mass is 10.0. The summed E-state index contributed by atoms with van der Waals surface area (Å²) in [5.74, 6) is -1.54. The number of likely N-dealkylation sites (tertiary alicyclic amines) is 1. The number of aromatic nitrogens is 1. The van der Waals surface area contributed by atoms with Crippen molar-refractivity contribution in [2.45, 2.75) is 38.8 Å². The van der Waals surface area contributed by atoms with E-state index in [9.17, 15) is 18.7 Å². The summed E-state index contributed by atoms with van der Waals surface area (Å²) in [5, 5.41) is 13.8. The molecule has 0 aliphatic carbocycles. The first kappa shape index (κ1) is 16.6. The van der Waals surface area contributed by atoms with Gasteiger partial charge in [-0.05, 0) is 38.0 Å². The van der Waals surface area contributed by atoms with Crippen molar-refractivity contribution in [3.8, 4) is 0 Å². The third kappa shape index (κ3) is 3.03. The van der Waals surface area contributed by atoms with E-state index in [2.05, 4.69) is 5.16 Å². The van der Waals surface area contributed by atoms with Crippen LogP contribution in [0.4, 0.5) is 8.78 Å². The predicted molar refractivity (Wildman–Crippen MR) is 81.1 cm³/mol. The molecule has 1 saturated heterocycles. The molecule has 1 aliphatic heterocycles. The van der Waals surface area contributed by atoms with Crippen LogP contribution in [0, 0.1) is 25.5 Å². The summed E-state index contributed by atoms with van der Waals surface area (Å²) in [7, 11) is 0. The number of aliphatic hydroxyl groups excluding tert-OH is 1. The summed E-state index contributed by atoms with van der Waals surface area (Å²) >= 11 is 0. The average Bonchev–Trinajstić information content (AvgIpc) is 3.07. The third-order valence-corrected chi connectivity index (χ3v) is 4.44. The van der Waals surface area contributed by atoms with Gasteiger partial charge in [0.25, 0.3) is 0 Å². The Morgan fingerprint density at radius 3 is 2.75 bits per heavy atom. The molecule has 7 heteroatoms. The molecule has 5 nitrogen and oxygen atoms in total. The molecule has 1 amide bonds. The Labute approximate surface area is 137 Å². The molecular formula is C17H18F2N2O3. The lowest BCUT2D eigenvalue weighted by Gasteiger charge is -2.25. The van der Waals surface area contributed by atoms with Crippen molar-refractivity contribution >= 4 is 5.91 Å². The van der Waals surface area contributed by atoms with Gasteiger partial charge >= 0.3 is 0 Å². The van der Waals surface area contributed by atoms with Gasteiger partial charge < -0.3 is 14.5 Å². The van der Waals surface area contributed by atoms with Gasteiger partial charge in [-0.3, -0.25) is 4.79 Å². The number of β-amino-alcohol motifs (C(OH)–C–C–N with tert-alkyl or cyclic N) is 1. The Morgan fingerprint density at radius 2 is 2.12 bits per heavy atom. The number of carbonyl (C=O) groups is 1. The summed E-state index contributed by atoms with van der Waals surface area (Å²) in [6, 6.07) is 3.07. The van der Waals surface area contributed by atoms with Crippen LogP contribution in [0.5, 0.6) is 0 Å². The van der Waals surface area contributed by atoms with Crippen molar-refractivity contribution in [1.29, 1.82) is 0 Å². The number of carbonyl (C=O) groups excluding carboxylic acids is 1. The minimum absolute atomic E-state index is 0.0913. The number of halogens is 2. The van der Waals surface area contributed by atoms with Crippen LogP contribution in [0.3, 0.4) is 0 Å². The van der Waals surface area contributed by atoms with Gasteiger partial charge in [-0.15, -0.1) is 0 Å². The fraction of sp³-hybridized carbons (Fsp3) is 0.412. The first-order valence-electron chi connectivity index (χ1n) is 7.71. The first-order valence-corrected chi connectivity index (χ1v) is 7.71. The Bertz CT molecular complexity index is 756. The van der Waals surface area contributed by atoms with E-state index in [1.807, 2.05) is 0 Å². The van der Waals surface area contributed by atoms with E-state index in [0.29, 0.717) is 29.0 Å². The first-order chi connectivity index (χ1) is 11.4. The van der Waals surface area contributed by atoms with E-state index in [4.69, 9.17) is 4.52 Å². The second kappa shape index (κ2) is 6.32. The normalized spacial score (nSPS) is 20.6. The number of amides is 1. The highest BCUT2D eigenvalue weighted by atomic mass is 19.2.